The summed E-state index contributed by atoms with van der Waals surface area (Å²) in [6, 6.07) is -0.218. The normalized spacial score (nSPS) is 13.5. The van der Waals surface area contributed by atoms with Crippen LogP contribution in [0.3, 0.4) is 0 Å². The summed E-state index contributed by atoms with van der Waals surface area (Å²) in [6.45, 7) is 7.94. The number of hydrogen-bond donors (Lipinski definition) is 0. The summed E-state index contributed by atoms with van der Waals surface area (Å²) in [5.74, 6) is -0.00896. The Balaban J connectivity index is 4.34. The van der Waals surface area contributed by atoms with E-state index in [1.807, 2.05) is 0 Å². The first-order valence-electron chi connectivity index (χ1n) is 5.77. The van der Waals surface area contributed by atoms with E-state index >= 15 is 0 Å². The molecule has 0 rings (SSSR count). The second-order valence-electron chi connectivity index (χ2n) is 5.60. The number of carbonyl (C=O) groups excluding carboxylic acids is 1. The van der Waals surface area contributed by atoms with Crippen molar-refractivity contribution in [3.63, 3.8) is 0 Å². The third kappa shape index (κ3) is 7.36. The molecule has 0 atom stereocenters. The average molecular weight is 253 g/mol. The van der Waals surface area contributed by atoms with Gasteiger partial charge in [0.25, 0.3) is 0 Å². The van der Waals surface area contributed by atoms with Gasteiger partial charge in [-0.15, -0.1) is 0 Å². The number of hydrogen-bond acceptors (Lipinski definition) is 2. The fraction of sp³-hybridized carbons (Fsp3) is 0.917. The Morgan fingerprint density at radius 3 is 1.94 bits per heavy atom. The highest BCUT2D eigenvalue weighted by Gasteiger charge is 2.32. The lowest BCUT2D eigenvalue weighted by molar-refractivity contribution is -0.151. The summed E-state index contributed by atoms with van der Waals surface area (Å²) >= 11 is 0. The molecule has 0 saturated heterocycles. The second kappa shape index (κ2) is 5.85. The number of ketones is 1. The summed E-state index contributed by atoms with van der Waals surface area (Å²) in [5.41, 5.74) is -0.485. The molecule has 0 aliphatic rings. The van der Waals surface area contributed by atoms with Gasteiger partial charge in [-0.1, -0.05) is 20.8 Å². The van der Waals surface area contributed by atoms with Crippen LogP contribution in [0, 0.1) is 5.41 Å². The Bertz CT molecular complexity index is 253. The zero-order valence-electron chi connectivity index (χ0n) is 11.2. The maximum absolute atomic E-state index is 12.3. The Kier molecular flexibility index (Phi) is 5.65. The van der Waals surface area contributed by atoms with Crippen molar-refractivity contribution in [1.82, 2.24) is 4.90 Å². The molecule has 0 spiro atoms. The maximum atomic E-state index is 12.3. The van der Waals surface area contributed by atoms with E-state index < -0.39 is 18.1 Å². The minimum Gasteiger partial charge on any atom is -0.299 e. The highest BCUT2D eigenvalue weighted by molar-refractivity contribution is 5.83. The first kappa shape index (κ1) is 16.4. The molecule has 102 valence electrons. The summed E-state index contributed by atoms with van der Waals surface area (Å²) in [7, 11) is 0. The molecular formula is C12H22F3NO. The van der Waals surface area contributed by atoms with Gasteiger partial charge >= 0.3 is 6.18 Å². The van der Waals surface area contributed by atoms with E-state index in [-0.39, 0.29) is 24.8 Å². The van der Waals surface area contributed by atoms with E-state index in [0.29, 0.717) is 0 Å². The Labute approximate surface area is 101 Å². The highest BCUT2D eigenvalue weighted by Crippen LogP contribution is 2.20. The van der Waals surface area contributed by atoms with Crippen LogP contribution in [0.25, 0.3) is 0 Å². The summed E-state index contributed by atoms with van der Waals surface area (Å²) in [6.07, 6.45) is -4.05. The Morgan fingerprint density at radius 2 is 1.65 bits per heavy atom. The van der Waals surface area contributed by atoms with Gasteiger partial charge in [0.2, 0.25) is 0 Å². The van der Waals surface area contributed by atoms with Crippen LogP contribution in [0.4, 0.5) is 13.2 Å². The standard InChI is InChI=1S/C12H22F3NO/c1-9(2)16(8-12(13,14)15)7-6-10(17)11(3,4)5/h9H,6-8H2,1-5H3. The molecule has 0 aliphatic carbocycles. The van der Waals surface area contributed by atoms with Crippen LogP contribution in [0.2, 0.25) is 0 Å². The molecule has 0 aromatic carbocycles. The largest absolute Gasteiger partial charge is 0.401 e. The van der Waals surface area contributed by atoms with Gasteiger partial charge in [0.15, 0.2) is 0 Å². The van der Waals surface area contributed by atoms with E-state index in [1.54, 1.807) is 34.6 Å². The van der Waals surface area contributed by atoms with E-state index in [1.165, 1.54) is 4.90 Å². The predicted molar refractivity (Wildman–Crippen MR) is 61.8 cm³/mol. The Hall–Kier alpha value is -0.580. The maximum Gasteiger partial charge on any atom is 0.401 e. The third-order valence-corrected chi connectivity index (χ3v) is 2.58. The Morgan fingerprint density at radius 1 is 1.18 bits per heavy atom. The van der Waals surface area contributed by atoms with Gasteiger partial charge < -0.3 is 0 Å². The van der Waals surface area contributed by atoms with Gasteiger partial charge in [0.1, 0.15) is 5.78 Å². The van der Waals surface area contributed by atoms with E-state index in [4.69, 9.17) is 0 Å². The lowest BCUT2D eigenvalue weighted by Crippen LogP contribution is -2.41. The molecular weight excluding hydrogens is 231 g/mol. The number of alkyl halides is 3. The molecule has 0 heterocycles. The van der Waals surface area contributed by atoms with Crippen LogP contribution >= 0.6 is 0 Å². The molecule has 0 aromatic heterocycles. The highest BCUT2D eigenvalue weighted by atomic mass is 19.4. The summed E-state index contributed by atoms with van der Waals surface area (Å²) < 4.78 is 36.9. The molecule has 0 saturated carbocycles. The van der Waals surface area contributed by atoms with Gasteiger partial charge in [-0.2, -0.15) is 13.2 Å². The molecule has 0 bridgehead atoms. The van der Waals surface area contributed by atoms with E-state index in [0.717, 1.165) is 0 Å². The van der Waals surface area contributed by atoms with Crippen molar-refractivity contribution in [2.45, 2.75) is 53.3 Å². The van der Waals surface area contributed by atoms with Crippen molar-refractivity contribution in [3.8, 4) is 0 Å². The van der Waals surface area contributed by atoms with Crippen molar-refractivity contribution >= 4 is 5.78 Å². The fourth-order valence-electron chi connectivity index (χ4n) is 1.37. The van der Waals surface area contributed by atoms with Crippen LogP contribution in [0.1, 0.15) is 41.0 Å². The van der Waals surface area contributed by atoms with Crippen LogP contribution < -0.4 is 0 Å². The minimum absolute atomic E-state index is 0.00896. The van der Waals surface area contributed by atoms with Gasteiger partial charge in [0.05, 0.1) is 6.54 Å². The minimum atomic E-state index is -4.21. The second-order valence-corrected chi connectivity index (χ2v) is 5.60. The van der Waals surface area contributed by atoms with Crippen LogP contribution in [-0.2, 0) is 4.79 Å². The van der Waals surface area contributed by atoms with Gasteiger partial charge in [-0.05, 0) is 13.8 Å². The molecule has 0 aliphatic heterocycles. The zero-order valence-corrected chi connectivity index (χ0v) is 11.2. The molecule has 0 radical (unpaired) electrons. The van der Waals surface area contributed by atoms with E-state index in [9.17, 15) is 18.0 Å². The number of Topliss-reactive ketones (excluding diaryl/α,β-unsaturated/α-hetero) is 1. The number of halogens is 3. The molecule has 0 unspecified atom stereocenters. The smallest absolute Gasteiger partial charge is 0.299 e. The first-order chi connectivity index (χ1) is 7.43. The summed E-state index contributed by atoms with van der Waals surface area (Å²) in [5, 5.41) is 0. The lowest BCUT2D eigenvalue weighted by Gasteiger charge is -2.28. The molecule has 0 amide bonds. The fourth-order valence-corrected chi connectivity index (χ4v) is 1.37. The van der Waals surface area contributed by atoms with Crippen LogP contribution in [0.15, 0.2) is 0 Å². The quantitative estimate of drug-likeness (QED) is 0.749. The zero-order chi connectivity index (χ0) is 13.9. The average Bonchev–Trinajstić information content (AvgIpc) is 2.07. The molecule has 2 nitrogen and oxygen atoms in total. The van der Waals surface area contributed by atoms with Crippen molar-refractivity contribution in [1.29, 1.82) is 0 Å². The molecule has 0 N–H and O–H groups in total. The summed E-state index contributed by atoms with van der Waals surface area (Å²) in [4.78, 5) is 12.9. The van der Waals surface area contributed by atoms with Crippen molar-refractivity contribution in [3.05, 3.63) is 0 Å². The van der Waals surface area contributed by atoms with Crippen molar-refractivity contribution in [2.24, 2.45) is 5.41 Å². The van der Waals surface area contributed by atoms with Crippen LogP contribution in [0.5, 0.6) is 0 Å². The molecule has 0 fully saturated rings. The third-order valence-electron chi connectivity index (χ3n) is 2.58. The number of nitrogens with zero attached hydrogens (tertiary/aromatic N) is 1. The number of carbonyl (C=O) groups is 1. The predicted octanol–water partition coefficient (Wildman–Crippen LogP) is 3.26. The number of rotatable bonds is 5. The monoisotopic (exact) mass is 253 g/mol. The lowest BCUT2D eigenvalue weighted by atomic mass is 9.89. The molecule has 17 heavy (non-hydrogen) atoms. The first-order valence-corrected chi connectivity index (χ1v) is 5.77. The van der Waals surface area contributed by atoms with Crippen molar-refractivity contribution in [2.75, 3.05) is 13.1 Å². The van der Waals surface area contributed by atoms with Gasteiger partial charge in [0, 0.05) is 24.4 Å². The SMILES string of the molecule is CC(C)N(CCC(=O)C(C)(C)C)CC(F)(F)F. The van der Waals surface area contributed by atoms with Gasteiger partial charge in [-0.25, -0.2) is 0 Å². The molecule has 5 heteroatoms. The topological polar surface area (TPSA) is 20.3 Å². The van der Waals surface area contributed by atoms with E-state index in [2.05, 4.69) is 0 Å². The molecule has 0 aromatic rings. The van der Waals surface area contributed by atoms with Crippen LogP contribution in [-0.4, -0.2) is 36.0 Å². The van der Waals surface area contributed by atoms with Crippen molar-refractivity contribution < 1.29 is 18.0 Å². The van der Waals surface area contributed by atoms with Gasteiger partial charge in [-0.3, -0.25) is 9.69 Å².